The molecule has 1 unspecified atom stereocenters. The molecule has 1 atom stereocenters. The highest BCUT2D eigenvalue weighted by Gasteiger charge is 2.22. The van der Waals surface area contributed by atoms with Crippen molar-refractivity contribution in [1.29, 1.82) is 0 Å². The molecule has 16 heavy (non-hydrogen) atoms. The van der Waals surface area contributed by atoms with Crippen molar-refractivity contribution in [2.24, 2.45) is 5.92 Å². The Morgan fingerprint density at radius 1 is 1.31 bits per heavy atom. The predicted octanol–water partition coefficient (Wildman–Crippen LogP) is 3.60. The van der Waals surface area contributed by atoms with Crippen LogP contribution in [-0.2, 0) is 4.79 Å². The molecule has 1 nitrogen and oxygen atoms in total. The Morgan fingerprint density at radius 3 is 2.69 bits per heavy atom. The van der Waals surface area contributed by atoms with Crippen LogP contribution in [-0.4, -0.2) is 5.78 Å². The molecule has 1 fully saturated rings. The van der Waals surface area contributed by atoms with Crippen LogP contribution in [0.3, 0.4) is 0 Å². The summed E-state index contributed by atoms with van der Waals surface area (Å²) in [6.45, 7) is 1.97. The lowest BCUT2D eigenvalue weighted by atomic mass is 9.84. The van der Waals surface area contributed by atoms with Gasteiger partial charge >= 0.3 is 0 Å². The molecule has 0 saturated heterocycles. The molecule has 1 aliphatic carbocycles. The number of ketones is 1. The second kappa shape index (κ2) is 4.60. The normalized spacial score (nSPS) is 23.8. The second-order valence-corrected chi connectivity index (χ2v) is 4.38. The van der Waals surface area contributed by atoms with Gasteiger partial charge in [-0.05, 0) is 48.6 Å². The van der Waals surface area contributed by atoms with Crippen LogP contribution in [0.4, 0.5) is 4.39 Å². The Bertz CT molecular complexity index is 417. The Hall–Kier alpha value is -1.44. The first kappa shape index (κ1) is 11.1. The van der Waals surface area contributed by atoms with Gasteiger partial charge in [0, 0.05) is 5.92 Å². The maximum absolute atomic E-state index is 12.7. The highest BCUT2D eigenvalue weighted by Crippen LogP contribution is 2.26. The minimum Gasteiger partial charge on any atom is -0.294 e. The fourth-order valence-electron chi connectivity index (χ4n) is 2.07. The largest absolute Gasteiger partial charge is 0.294 e. The van der Waals surface area contributed by atoms with Crippen molar-refractivity contribution in [3.05, 3.63) is 41.2 Å². The van der Waals surface area contributed by atoms with Gasteiger partial charge in [-0.25, -0.2) is 4.39 Å². The quantitative estimate of drug-likeness (QED) is 0.658. The van der Waals surface area contributed by atoms with Crippen molar-refractivity contribution >= 4 is 11.9 Å². The first-order valence-electron chi connectivity index (χ1n) is 5.67. The van der Waals surface area contributed by atoms with Gasteiger partial charge in [0.15, 0.2) is 5.78 Å². The van der Waals surface area contributed by atoms with Crippen molar-refractivity contribution in [3.63, 3.8) is 0 Å². The third kappa shape index (κ3) is 2.38. The van der Waals surface area contributed by atoms with E-state index in [-0.39, 0.29) is 17.5 Å². The van der Waals surface area contributed by atoms with E-state index in [0.717, 1.165) is 30.4 Å². The number of allylic oxidation sites excluding steroid dienone is 1. The van der Waals surface area contributed by atoms with Crippen LogP contribution in [0.5, 0.6) is 0 Å². The van der Waals surface area contributed by atoms with Crippen LogP contribution in [0, 0.1) is 11.7 Å². The molecule has 1 aromatic carbocycles. The van der Waals surface area contributed by atoms with Crippen LogP contribution >= 0.6 is 0 Å². The zero-order chi connectivity index (χ0) is 11.5. The monoisotopic (exact) mass is 218 g/mol. The van der Waals surface area contributed by atoms with E-state index < -0.39 is 0 Å². The summed E-state index contributed by atoms with van der Waals surface area (Å²) in [5, 5.41) is 0. The zero-order valence-corrected chi connectivity index (χ0v) is 9.37. The van der Waals surface area contributed by atoms with Crippen LogP contribution in [0.2, 0.25) is 0 Å². The van der Waals surface area contributed by atoms with E-state index in [2.05, 4.69) is 0 Å². The fourth-order valence-corrected chi connectivity index (χ4v) is 2.07. The number of halogens is 1. The first-order valence-corrected chi connectivity index (χ1v) is 5.67. The molecule has 0 aromatic heterocycles. The lowest BCUT2D eigenvalue weighted by Crippen LogP contribution is -2.18. The standard InChI is InChI=1S/C14H15FO/c1-10-3-2-4-12(14(10)16)9-11-5-7-13(15)8-6-11/h5-10H,2-4H2,1H3. The average Bonchev–Trinajstić information content (AvgIpc) is 2.28. The molecular formula is C14H15FO. The Labute approximate surface area is 95.0 Å². The molecular weight excluding hydrogens is 203 g/mol. The number of benzene rings is 1. The molecule has 0 aliphatic heterocycles. The van der Waals surface area contributed by atoms with Gasteiger partial charge < -0.3 is 0 Å². The fraction of sp³-hybridized carbons (Fsp3) is 0.357. The zero-order valence-electron chi connectivity index (χ0n) is 9.37. The van der Waals surface area contributed by atoms with Crippen molar-refractivity contribution < 1.29 is 9.18 Å². The van der Waals surface area contributed by atoms with Gasteiger partial charge in [-0.1, -0.05) is 19.1 Å². The third-order valence-electron chi connectivity index (χ3n) is 3.06. The van der Waals surface area contributed by atoms with Crippen molar-refractivity contribution in [2.45, 2.75) is 26.2 Å². The first-order chi connectivity index (χ1) is 7.66. The molecule has 2 rings (SSSR count). The second-order valence-electron chi connectivity index (χ2n) is 4.38. The maximum Gasteiger partial charge on any atom is 0.161 e. The Kier molecular flexibility index (Phi) is 3.18. The summed E-state index contributed by atoms with van der Waals surface area (Å²) >= 11 is 0. The molecule has 0 heterocycles. The summed E-state index contributed by atoms with van der Waals surface area (Å²) in [6, 6.07) is 6.25. The van der Waals surface area contributed by atoms with Crippen LogP contribution in [0.1, 0.15) is 31.7 Å². The maximum atomic E-state index is 12.7. The van der Waals surface area contributed by atoms with Crippen LogP contribution in [0.25, 0.3) is 6.08 Å². The average molecular weight is 218 g/mol. The lowest BCUT2D eigenvalue weighted by molar-refractivity contribution is -0.119. The van der Waals surface area contributed by atoms with Gasteiger partial charge in [-0.15, -0.1) is 0 Å². The van der Waals surface area contributed by atoms with E-state index in [1.165, 1.54) is 12.1 Å². The van der Waals surface area contributed by atoms with Gasteiger partial charge in [0.05, 0.1) is 0 Å². The van der Waals surface area contributed by atoms with Gasteiger partial charge in [-0.2, -0.15) is 0 Å². The summed E-state index contributed by atoms with van der Waals surface area (Å²) in [5.41, 5.74) is 1.78. The van der Waals surface area contributed by atoms with E-state index in [1.54, 1.807) is 12.1 Å². The van der Waals surface area contributed by atoms with Crippen molar-refractivity contribution in [3.8, 4) is 0 Å². The molecule has 1 aliphatic rings. The number of hydrogen-bond donors (Lipinski definition) is 0. The lowest BCUT2D eigenvalue weighted by Gasteiger charge is -2.19. The van der Waals surface area contributed by atoms with Gasteiger partial charge in [0.25, 0.3) is 0 Å². The highest BCUT2D eigenvalue weighted by molar-refractivity contribution is 6.01. The molecule has 0 spiro atoms. The Balaban J connectivity index is 2.23. The Morgan fingerprint density at radius 2 is 2.00 bits per heavy atom. The van der Waals surface area contributed by atoms with E-state index in [1.807, 2.05) is 13.0 Å². The molecule has 0 radical (unpaired) electrons. The molecule has 0 amide bonds. The number of carbonyl (C=O) groups is 1. The van der Waals surface area contributed by atoms with E-state index in [0.29, 0.717) is 0 Å². The smallest absolute Gasteiger partial charge is 0.161 e. The SMILES string of the molecule is CC1CCCC(=Cc2ccc(F)cc2)C1=O. The summed E-state index contributed by atoms with van der Waals surface area (Å²) in [7, 11) is 0. The topological polar surface area (TPSA) is 17.1 Å². The van der Waals surface area contributed by atoms with Gasteiger partial charge in [0.2, 0.25) is 0 Å². The summed E-state index contributed by atoms with van der Waals surface area (Å²) in [4.78, 5) is 11.9. The van der Waals surface area contributed by atoms with E-state index >= 15 is 0 Å². The minimum atomic E-state index is -0.245. The predicted molar refractivity (Wildman–Crippen MR) is 62.4 cm³/mol. The summed E-state index contributed by atoms with van der Waals surface area (Å²) in [6.07, 6.45) is 4.79. The van der Waals surface area contributed by atoms with E-state index in [9.17, 15) is 9.18 Å². The summed E-state index contributed by atoms with van der Waals surface area (Å²) in [5.74, 6) is 0.140. The highest BCUT2D eigenvalue weighted by atomic mass is 19.1. The van der Waals surface area contributed by atoms with E-state index in [4.69, 9.17) is 0 Å². The summed E-state index contributed by atoms with van der Waals surface area (Å²) < 4.78 is 12.7. The number of rotatable bonds is 1. The van der Waals surface area contributed by atoms with Crippen molar-refractivity contribution in [2.75, 3.05) is 0 Å². The van der Waals surface area contributed by atoms with Crippen LogP contribution in [0.15, 0.2) is 29.8 Å². The number of hydrogen-bond acceptors (Lipinski definition) is 1. The molecule has 2 heteroatoms. The number of Topliss-reactive ketones (excluding diaryl/α,β-unsaturated/α-hetero) is 1. The molecule has 1 aromatic rings. The van der Waals surface area contributed by atoms with Gasteiger partial charge in [0.1, 0.15) is 5.82 Å². The molecule has 0 N–H and O–H groups in total. The minimum absolute atomic E-state index is 0.139. The molecule has 84 valence electrons. The molecule has 1 saturated carbocycles. The third-order valence-corrected chi connectivity index (χ3v) is 3.06. The van der Waals surface area contributed by atoms with Crippen LogP contribution < -0.4 is 0 Å². The van der Waals surface area contributed by atoms with Crippen molar-refractivity contribution in [1.82, 2.24) is 0 Å². The number of carbonyl (C=O) groups excluding carboxylic acids is 1. The molecule has 0 bridgehead atoms. The van der Waals surface area contributed by atoms with Gasteiger partial charge in [-0.3, -0.25) is 4.79 Å².